The Hall–Kier alpha value is -0.0800. The molecule has 1 aliphatic rings. The summed E-state index contributed by atoms with van der Waals surface area (Å²) in [6.45, 7) is 12.2. The monoisotopic (exact) mass is 199 g/mol. The van der Waals surface area contributed by atoms with Gasteiger partial charge in [-0.1, -0.05) is 20.8 Å². The number of hydrogen-bond acceptors (Lipinski definition) is 2. The number of ether oxygens (including phenoxy) is 1. The molecular formula is C12H25NO. The van der Waals surface area contributed by atoms with Gasteiger partial charge in [0.2, 0.25) is 0 Å². The van der Waals surface area contributed by atoms with Crippen LogP contribution < -0.4 is 5.32 Å². The van der Waals surface area contributed by atoms with Crippen molar-refractivity contribution in [1.29, 1.82) is 0 Å². The molecule has 1 aliphatic heterocycles. The molecule has 0 aliphatic carbocycles. The van der Waals surface area contributed by atoms with E-state index >= 15 is 0 Å². The fourth-order valence-corrected chi connectivity index (χ4v) is 1.74. The van der Waals surface area contributed by atoms with Crippen LogP contribution in [-0.4, -0.2) is 25.3 Å². The molecule has 0 amide bonds. The van der Waals surface area contributed by atoms with Crippen LogP contribution in [-0.2, 0) is 4.74 Å². The van der Waals surface area contributed by atoms with Crippen molar-refractivity contribution in [2.24, 2.45) is 5.41 Å². The topological polar surface area (TPSA) is 21.3 Å². The van der Waals surface area contributed by atoms with E-state index in [4.69, 9.17) is 4.74 Å². The van der Waals surface area contributed by atoms with E-state index < -0.39 is 0 Å². The Morgan fingerprint density at radius 1 is 1.21 bits per heavy atom. The molecule has 0 atom stereocenters. The van der Waals surface area contributed by atoms with Crippen molar-refractivity contribution in [1.82, 2.24) is 5.32 Å². The van der Waals surface area contributed by atoms with Crippen LogP contribution in [0, 0.1) is 5.41 Å². The van der Waals surface area contributed by atoms with Gasteiger partial charge in [-0.15, -0.1) is 0 Å². The van der Waals surface area contributed by atoms with Gasteiger partial charge in [0.05, 0.1) is 0 Å². The van der Waals surface area contributed by atoms with Crippen LogP contribution in [0.15, 0.2) is 0 Å². The van der Waals surface area contributed by atoms with Crippen molar-refractivity contribution in [3.05, 3.63) is 0 Å². The Morgan fingerprint density at radius 3 is 2.29 bits per heavy atom. The summed E-state index contributed by atoms with van der Waals surface area (Å²) in [5.74, 6) is 0. The van der Waals surface area contributed by atoms with Crippen LogP contribution in [0.3, 0.4) is 0 Å². The first-order valence-electron chi connectivity index (χ1n) is 5.74. The fourth-order valence-electron chi connectivity index (χ4n) is 1.74. The smallest absolute Gasteiger partial charge is 0.0483 e. The van der Waals surface area contributed by atoms with Crippen molar-refractivity contribution in [3.8, 4) is 0 Å². The lowest BCUT2D eigenvalue weighted by atomic mass is 9.89. The maximum Gasteiger partial charge on any atom is 0.0483 e. The minimum Gasteiger partial charge on any atom is -0.381 e. The Morgan fingerprint density at radius 2 is 1.79 bits per heavy atom. The first-order valence-corrected chi connectivity index (χ1v) is 5.74. The van der Waals surface area contributed by atoms with Crippen LogP contribution in [0.2, 0.25) is 0 Å². The summed E-state index contributed by atoms with van der Waals surface area (Å²) < 4.78 is 5.37. The SMILES string of the molecule is CC(C)(C)CCNC1(C)CCOCC1. The maximum absolute atomic E-state index is 5.37. The Bertz CT molecular complexity index is 166. The molecule has 0 radical (unpaired) electrons. The summed E-state index contributed by atoms with van der Waals surface area (Å²) in [6.07, 6.45) is 3.54. The molecule has 1 heterocycles. The highest BCUT2D eigenvalue weighted by Gasteiger charge is 2.26. The molecule has 0 spiro atoms. The molecule has 14 heavy (non-hydrogen) atoms. The fraction of sp³-hybridized carbons (Fsp3) is 1.00. The molecule has 0 saturated carbocycles. The third kappa shape index (κ3) is 4.43. The zero-order chi connectivity index (χ0) is 10.7. The molecule has 2 nitrogen and oxygen atoms in total. The second-order valence-corrected chi connectivity index (χ2v) is 5.91. The van der Waals surface area contributed by atoms with Crippen molar-refractivity contribution in [2.45, 2.75) is 52.5 Å². The third-order valence-corrected chi connectivity index (χ3v) is 3.02. The minimum atomic E-state index is 0.323. The van der Waals surface area contributed by atoms with Crippen LogP contribution in [0.1, 0.15) is 47.0 Å². The molecular weight excluding hydrogens is 174 g/mol. The largest absolute Gasteiger partial charge is 0.381 e. The normalized spacial score (nSPS) is 22.3. The molecule has 2 heteroatoms. The van der Waals surface area contributed by atoms with E-state index in [2.05, 4.69) is 33.0 Å². The van der Waals surface area contributed by atoms with Crippen molar-refractivity contribution < 1.29 is 4.74 Å². The summed E-state index contributed by atoms with van der Waals surface area (Å²) in [5.41, 5.74) is 0.762. The Balaban J connectivity index is 2.22. The van der Waals surface area contributed by atoms with E-state index in [1.54, 1.807) is 0 Å². The molecule has 0 aromatic rings. The average molecular weight is 199 g/mol. The number of rotatable bonds is 3. The maximum atomic E-state index is 5.37. The second-order valence-electron chi connectivity index (χ2n) is 5.91. The van der Waals surface area contributed by atoms with Crippen LogP contribution in [0.5, 0.6) is 0 Å². The lowest BCUT2D eigenvalue weighted by Crippen LogP contribution is -2.47. The molecule has 0 aromatic heterocycles. The van der Waals surface area contributed by atoms with Gasteiger partial charge in [0.25, 0.3) is 0 Å². The van der Waals surface area contributed by atoms with E-state index in [1.807, 2.05) is 0 Å². The predicted molar refractivity (Wildman–Crippen MR) is 60.5 cm³/mol. The molecule has 1 fully saturated rings. The summed E-state index contributed by atoms with van der Waals surface area (Å²) in [4.78, 5) is 0. The molecule has 84 valence electrons. The van der Waals surface area contributed by atoms with Gasteiger partial charge in [-0.25, -0.2) is 0 Å². The highest BCUT2D eigenvalue weighted by Crippen LogP contribution is 2.22. The lowest BCUT2D eigenvalue weighted by molar-refractivity contribution is 0.0444. The van der Waals surface area contributed by atoms with Crippen molar-refractivity contribution >= 4 is 0 Å². The Kier molecular flexibility index (Phi) is 3.96. The summed E-state index contributed by atoms with van der Waals surface area (Å²) in [6, 6.07) is 0. The molecule has 0 aromatic carbocycles. The van der Waals surface area contributed by atoms with E-state index in [-0.39, 0.29) is 0 Å². The summed E-state index contributed by atoms with van der Waals surface area (Å²) in [5, 5.41) is 3.67. The van der Waals surface area contributed by atoms with Crippen molar-refractivity contribution in [2.75, 3.05) is 19.8 Å². The standard InChI is InChI=1S/C12H25NO/c1-11(2,3)5-8-13-12(4)6-9-14-10-7-12/h13H,5-10H2,1-4H3. The quantitative estimate of drug-likeness (QED) is 0.754. The van der Waals surface area contributed by atoms with Gasteiger partial charge in [0.15, 0.2) is 0 Å². The van der Waals surface area contributed by atoms with Gasteiger partial charge in [0.1, 0.15) is 0 Å². The van der Waals surface area contributed by atoms with Gasteiger partial charge >= 0.3 is 0 Å². The zero-order valence-corrected chi connectivity index (χ0v) is 10.2. The van der Waals surface area contributed by atoms with E-state index in [0.717, 1.165) is 32.6 Å². The van der Waals surface area contributed by atoms with Crippen molar-refractivity contribution in [3.63, 3.8) is 0 Å². The summed E-state index contributed by atoms with van der Waals surface area (Å²) in [7, 11) is 0. The highest BCUT2D eigenvalue weighted by atomic mass is 16.5. The van der Waals surface area contributed by atoms with Gasteiger partial charge < -0.3 is 10.1 Å². The Labute approximate surface area is 88.4 Å². The minimum absolute atomic E-state index is 0.323. The second kappa shape index (κ2) is 4.63. The molecule has 1 N–H and O–H groups in total. The average Bonchev–Trinajstić information content (AvgIpc) is 2.02. The lowest BCUT2D eigenvalue weighted by Gasteiger charge is -2.35. The van der Waals surface area contributed by atoms with E-state index in [9.17, 15) is 0 Å². The molecule has 1 saturated heterocycles. The predicted octanol–water partition coefficient (Wildman–Crippen LogP) is 2.58. The van der Waals surface area contributed by atoms with E-state index in [1.165, 1.54) is 6.42 Å². The van der Waals surface area contributed by atoms with Gasteiger partial charge in [-0.3, -0.25) is 0 Å². The number of nitrogens with one attached hydrogen (secondary N) is 1. The molecule has 1 rings (SSSR count). The first-order chi connectivity index (χ1) is 6.41. The van der Waals surface area contributed by atoms with Crippen LogP contribution >= 0.6 is 0 Å². The van der Waals surface area contributed by atoms with Crippen LogP contribution in [0.4, 0.5) is 0 Å². The van der Waals surface area contributed by atoms with Gasteiger partial charge in [-0.05, 0) is 38.1 Å². The third-order valence-electron chi connectivity index (χ3n) is 3.02. The highest BCUT2D eigenvalue weighted by molar-refractivity contribution is 4.85. The van der Waals surface area contributed by atoms with Gasteiger partial charge in [-0.2, -0.15) is 0 Å². The molecule has 0 bridgehead atoms. The first kappa shape index (κ1) is 12.0. The van der Waals surface area contributed by atoms with Crippen LogP contribution in [0.25, 0.3) is 0 Å². The molecule has 0 unspecified atom stereocenters. The number of hydrogen-bond donors (Lipinski definition) is 1. The van der Waals surface area contributed by atoms with E-state index in [0.29, 0.717) is 11.0 Å². The zero-order valence-electron chi connectivity index (χ0n) is 10.2. The van der Waals surface area contributed by atoms with Gasteiger partial charge in [0, 0.05) is 18.8 Å². The summed E-state index contributed by atoms with van der Waals surface area (Å²) >= 11 is 0.